The summed E-state index contributed by atoms with van der Waals surface area (Å²) in [5.74, 6) is -0.483. The van der Waals surface area contributed by atoms with E-state index in [1.54, 1.807) is 11.3 Å². The van der Waals surface area contributed by atoms with Gasteiger partial charge < -0.3 is 17.3 Å². The van der Waals surface area contributed by atoms with Crippen molar-refractivity contribution < 1.29 is 35.5 Å². The molecule has 0 saturated carbocycles. The largest absolute Gasteiger partial charge is 0.673 e. The first-order valence-electron chi connectivity index (χ1n) is 6.22. The van der Waals surface area contributed by atoms with Crippen molar-refractivity contribution in [1.29, 1.82) is 0 Å². The Bertz CT molecular complexity index is 738. The number of aromatic nitrogens is 1. The number of para-hydroxylation sites is 1. The molecule has 0 aliphatic heterocycles. The Morgan fingerprint density at radius 3 is 2.35 bits per heavy atom. The fourth-order valence-corrected chi connectivity index (χ4v) is 3.09. The Kier molecular flexibility index (Phi) is 6.51. The first-order valence-corrected chi connectivity index (χ1v) is 8.92. The average molecular weight is 372 g/mol. The van der Waals surface area contributed by atoms with Crippen LogP contribution in [0.25, 0.3) is 10.2 Å². The van der Waals surface area contributed by atoms with Crippen LogP contribution in [0.15, 0.2) is 24.3 Å². The SMILES string of the molecule is CS(=O)(=O)NC(=O)CCc1[nH+]c2ccccc2s1.F[B-](F)(F)F. The average Bonchev–Trinajstić information content (AvgIpc) is 2.75. The molecule has 1 aromatic heterocycles. The van der Waals surface area contributed by atoms with Crippen LogP contribution in [0.1, 0.15) is 11.4 Å². The van der Waals surface area contributed by atoms with Crippen molar-refractivity contribution in [3.8, 4) is 0 Å². The number of carbonyl (C=O) groups excluding carboxylic acids is 1. The van der Waals surface area contributed by atoms with Crippen LogP contribution < -0.4 is 9.71 Å². The second-order valence-corrected chi connectivity index (χ2v) is 7.32. The molecule has 1 aromatic carbocycles. The van der Waals surface area contributed by atoms with E-state index in [2.05, 4.69) is 4.98 Å². The summed E-state index contributed by atoms with van der Waals surface area (Å²) in [7, 11) is -9.46. The van der Waals surface area contributed by atoms with E-state index in [0.29, 0.717) is 6.42 Å². The van der Waals surface area contributed by atoms with E-state index in [0.717, 1.165) is 21.5 Å². The number of sulfonamides is 1. The summed E-state index contributed by atoms with van der Waals surface area (Å²) in [5, 5.41) is 0.958. The van der Waals surface area contributed by atoms with Gasteiger partial charge in [0, 0.05) is 12.5 Å². The molecule has 0 saturated heterocycles. The lowest BCUT2D eigenvalue weighted by Crippen LogP contribution is -2.29. The molecule has 2 N–H and O–H groups in total. The van der Waals surface area contributed by atoms with Gasteiger partial charge in [0.05, 0.1) is 12.7 Å². The maximum atomic E-state index is 11.3. The van der Waals surface area contributed by atoms with Crippen LogP contribution in [0.5, 0.6) is 0 Å². The first-order chi connectivity index (χ1) is 10.4. The molecule has 0 fully saturated rings. The number of hydrogen-bond donors (Lipinski definition) is 1. The molecule has 128 valence electrons. The van der Waals surface area contributed by atoms with Crippen molar-refractivity contribution in [3.05, 3.63) is 29.3 Å². The third kappa shape index (κ3) is 9.13. The van der Waals surface area contributed by atoms with Crippen LogP contribution in [0.2, 0.25) is 0 Å². The molecule has 1 amide bonds. The summed E-state index contributed by atoms with van der Waals surface area (Å²) in [6.07, 6.45) is 1.62. The van der Waals surface area contributed by atoms with Crippen molar-refractivity contribution in [3.63, 3.8) is 0 Å². The van der Waals surface area contributed by atoms with Gasteiger partial charge in [0.25, 0.3) is 0 Å². The monoisotopic (exact) mass is 372 g/mol. The number of thiazole rings is 1. The third-order valence-corrected chi connectivity index (χ3v) is 4.00. The van der Waals surface area contributed by atoms with Gasteiger partial charge in [-0.05, 0) is 6.07 Å². The summed E-state index contributed by atoms with van der Waals surface area (Å²) in [6.45, 7) is 0. The highest BCUT2D eigenvalue weighted by Crippen LogP contribution is 2.18. The smallest absolute Gasteiger partial charge is 0.418 e. The zero-order valence-corrected chi connectivity index (χ0v) is 13.5. The van der Waals surface area contributed by atoms with Crippen LogP contribution in [0.4, 0.5) is 17.3 Å². The Labute approximate surface area is 133 Å². The number of H-pyrrole nitrogens is 1. The zero-order chi connectivity index (χ0) is 17.7. The number of aromatic amines is 1. The molecule has 0 bridgehead atoms. The standard InChI is InChI=1S/C11H12N2O3S2.BF4/c1-18(15,16)13-10(14)6-7-11-12-8-4-2-3-5-9(8)17-11;2-1(3,4)5/h2-5H,6-7H2,1H3,(H,13,14);/q;-1/p+1. The minimum Gasteiger partial charge on any atom is -0.418 e. The molecule has 5 nitrogen and oxygen atoms in total. The quantitative estimate of drug-likeness (QED) is 0.659. The van der Waals surface area contributed by atoms with Crippen LogP contribution >= 0.6 is 11.3 Å². The highest BCUT2D eigenvalue weighted by atomic mass is 32.2. The molecular formula is C11H13BF4N2O3S2. The fourth-order valence-electron chi connectivity index (χ4n) is 1.57. The fraction of sp³-hybridized carbons (Fsp3) is 0.273. The minimum absolute atomic E-state index is 0.149. The summed E-state index contributed by atoms with van der Waals surface area (Å²) < 4.78 is 63.8. The third-order valence-electron chi connectivity index (χ3n) is 2.27. The zero-order valence-electron chi connectivity index (χ0n) is 11.9. The van der Waals surface area contributed by atoms with Gasteiger partial charge in [-0.25, -0.2) is 8.42 Å². The summed E-state index contributed by atoms with van der Waals surface area (Å²) >= 11 is 1.57. The van der Waals surface area contributed by atoms with Gasteiger partial charge in [0.15, 0.2) is 0 Å². The number of nitrogens with one attached hydrogen (secondary N) is 2. The minimum atomic E-state index is -6.00. The summed E-state index contributed by atoms with van der Waals surface area (Å²) in [6, 6.07) is 7.85. The normalized spacial score (nSPS) is 11.7. The highest BCUT2D eigenvalue weighted by Gasteiger charge is 2.20. The van der Waals surface area contributed by atoms with Crippen LogP contribution in [0.3, 0.4) is 0 Å². The van der Waals surface area contributed by atoms with Crippen molar-refractivity contribution in [2.75, 3.05) is 6.26 Å². The van der Waals surface area contributed by atoms with Gasteiger partial charge in [-0.3, -0.25) is 9.52 Å². The van der Waals surface area contributed by atoms with Crippen molar-refractivity contribution in [1.82, 2.24) is 4.72 Å². The second-order valence-electron chi connectivity index (χ2n) is 4.44. The number of amides is 1. The van der Waals surface area contributed by atoms with E-state index in [9.17, 15) is 30.5 Å². The maximum Gasteiger partial charge on any atom is 0.673 e. The van der Waals surface area contributed by atoms with Crippen LogP contribution in [0, 0.1) is 0 Å². The number of fused-ring (bicyclic) bond motifs is 1. The van der Waals surface area contributed by atoms with E-state index in [1.807, 2.05) is 29.0 Å². The molecule has 12 heteroatoms. The first kappa shape index (κ1) is 19.4. The second kappa shape index (κ2) is 7.73. The van der Waals surface area contributed by atoms with Gasteiger partial charge in [-0.15, -0.1) is 0 Å². The van der Waals surface area contributed by atoms with E-state index in [-0.39, 0.29) is 6.42 Å². The molecule has 0 aliphatic rings. The molecule has 0 spiro atoms. The predicted molar refractivity (Wildman–Crippen MR) is 79.9 cm³/mol. The van der Waals surface area contributed by atoms with E-state index in [1.165, 1.54) is 0 Å². The van der Waals surface area contributed by atoms with E-state index < -0.39 is 23.2 Å². The number of halogens is 4. The molecule has 2 rings (SSSR count). The lowest BCUT2D eigenvalue weighted by atomic mass is 10.3. The van der Waals surface area contributed by atoms with E-state index >= 15 is 0 Å². The van der Waals surface area contributed by atoms with Gasteiger partial charge in [0.1, 0.15) is 4.70 Å². The summed E-state index contributed by atoms with van der Waals surface area (Å²) in [5.41, 5.74) is 1.03. The number of carbonyl (C=O) groups is 1. The van der Waals surface area contributed by atoms with Crippen molar-refractivity contribution in [2.45, 2.75) is 12.8 Å². The highest BCUT2D eigenvalue weighted by molar-refractivity contribution is 7.89. The van der Waals surface area contributed by atoms with Crippen LogP contribution in [-0.4, -0.2) is 27.8 Å². The lowest BCUT2D eigenvalue weighted by Gasteiger charge is -1.99. The Morgan fingerprint density at radius 2 is 1.83 bits per heavy atom. The van der Waals surface area contributed by atoms with Gasteiger partial charge in [0.2, 0.25) is 26.5 Å². The Morgan fingerprint density at radius 1 is 1.26 bits per heavy atom. The Hall–Kier alpha value is -1.69. The molecule has 0 atom stereocenters. The molecule has 0 radical (unpaired) electrons. The number of rotatable bonds is 4. The summed E-state index contributed by atoms with van der Waals surface area (Å²) in [4.78, 5) is 14.6. The topological polar surface area (TPSA) is 77.4 Å². The lowest BCUT2D eigenvalue weighted by molar-refractivity contribution is -0.350. The molecule has 23 heavy (non-hydrogen) atoms. The molecule has 2 aromatic rings. The molecule has 1 heterocycles. The molecular weight excluding hydrogens is 359 g/mol. The van der Waals surface area contributed by atoms with Crippen molar-refractivity contribution >= 4 is 44.7 Å². The number of aryl methyl sites for hydroxylation is 1. The van der Waals surface area contributed by atoms with Gasteiger partial charge >= 0.3 is 7.25 Å². The predicted octanol–water partition coefficient (Wildman–Crippen LogP) is 2.02. The molecule has 0 aliphatic carbocycles. The Balaban J connectivity index is 0.000000463. The molecule has 0 unspecified atom stereocenters. The number of hydrogen-bond acceptors (Lipinski definition) is 4. The van der Waals surface area contributed by atoms with Gasteiger partial charge in [-0.1, -0.05) is 23.5 Å². The van der Waals surface area contributed by atoms with E-state index in [4.69, 9.17) is 0 Å². The number of benzene rings is 1. The van der Waals surface area contributed by atoms with Crippen LogP contribution in [-0.2, 0) is 21.2 Å². The van der Waals surface area contributed by atoms with Gasteiger partial charge in [-0.2, -0.15) is 4.98 Å². The maximum absolute atomic E-state index is 11.3. The van der Waals surface area contributed by atoms with Crippen molar-refractivity contribution in [2.24, 2.45) is 0 Å².